The summed E-state index contributed by atoms with van der Waals surface area (Å²) < 4.78 is 0. The summed E-state index contributed by atoms with van der Waals surface area (Å²) in [5, 5.41) is 23.0. The van der Waals surface area contributed by atoms with Gasteiger partial charge in [0.05, 0.1) is 24.6 Å². The molecule has 3 aromatic carbocycles. The van der Waals surface area contributed by atoms with Crippen LogP contribution >= 0.6 is 0 Å². The Hall–Kier alpha value is -4.74. The molecule has 0 aliphatic rings. The van der Waals surface area contributed by atoms with Crippen molar-refractivity contribution in [3.8, 4) is 0 Å². The number of nitrogens with two attached hydrogens (primary N) is 1. The molecule has 4 unspecified atom stereocenters. The normalized spacial score (nSPS) is 13.8. The number of primary amides is 1. The Labute approximate surface area is 270 Å². The third-order valence-electron chi connectivity index (χ3n) is 7.23. The molecule has 0 aromatic heterocycles. The lowest BCUT2D eigenvalue weighted by atomic mass is 9.99. The number of carbonyl (C=O) groups is 4. The molecule has 11 heteroatoms. The minimum Gasteiger partial charge on any atom is -0.390 e. The zero-order chi connectivity index (χ0) is 33.7. The standard InChI is InChI=1S/C35H46N6O5/c1-35(2,3)40-33(45)28(21-25-16-10-6-11-17-25)37-23-30(42)27(20-24-14-8-5-9-15-24)38-32(44)29(22-31(36)43)39-34(46)41(4)26-18-12-7-13-19-26/h5-19,27-30,37,42H,20-23H2,1-4H3,(H2,36,43)(H,38,44)(H,39,46)(H,40,45). The lowest BCUT2D eigenvalue weighted by molar-refractivity contribution is -0.128. The lowest BCUT2D eigenvalue weighted by Crippen LogP contribution is -2.58. The van der Waals surface area contributed by atoms with E-state index in [4.69, 9.17) is 5.73 Å². The van der Waals surface area contributed by atoms with Crippen LogP contribution in [0.15, 0.2) is 91.0 Å². The summed E-state index contributed by atoms with van der Waals surface area (Å²) in [4.78, 5) is 53.1. The van der Waals surface area contributed by atoms with Crippen LogP contribution in [0.3, 0.4) is 0 Å². The van der Waals surface area contributed by atoms with E-state index in [1.165, 1.54) is 4.90 Å². The molecule has 246 valence electrons. The summed E-state index contributed by atoms with van der Waals surface area (Å²) in [5.74, 6) is -1.68. The zero-order valence-corrected chi connectivity index (χ0v) is 26.9. The number of benzene rings is 3. The van der Waals surface area contributed by atoms with Gasteiger partial charge in [0, 0.05) is 24.8 Å². The van der Waals surface area contributed by atoms with E-state index >= 15 is 0 Å². The number of para-hydroxylation sites is 1. The van der Waals surface area contributed by atoms with Crippen LogP contribution in [-0.2, 0) is 27.2 Å². The smallest absolute Gasteiger partial charge is 0.322 e. The van der Waals surface area contributed by atoms with Crippen molar-refractivity contribution >= 4 is 29.4 Å². The van der Waals surface area contributed by atoms with Gasteiger partial charge in [-0.2, -0.15) is 0 Å². The molecule has 5 amide bonds. The first-order valence-corrected chi connectivity index (χ1v) is 15.3. The predicted molar refractivity (Wildman–Crippen MR) is 179 cm³/mol. The quantitative estimate of drug-likeness (QED) is 0.151. The molecule has 3 rings (SSSR count). The van der Waals surface area contributed by atoms with Crippen LogP contribution in [-0.4, -0.2) is 72.2 Å². The Bertz CT molecular complexity index is 1420. The van der Waals surface area contributed by atoms with Gasteiger partial charge in [0.15, 0.2) is 0 Å². The summed E-state index contributed by atoms with van der Waals surface area (Å²) in [6, 6.07) is 24.2. The topological polar surface area (TPSA) is 166 Å². The van der Waals surface area contributed by atoms with Crippen molar-refractivity contribution in [2.24, 2.45) is 5.73 Å². The molecule has 11 nitrogen and oxygen atoms in total. The van der Waals surface area contributed by atoms with Crippen LogP contribution in [0, 0.1) is 0 Å². The molecule has 0 fully saturated rings. The molecule has 0 aliphatic heterocycles. The second-order valence-corrected chi connectivity index (χ2v) is 12.3. The first-order valence-electron chi connectivity index (χ1n) is 15.3. The zero-order valence-electron chi connectivity index (χ0n) is 26.9. The Morgan fingerprint density at radius 2 is 1.28 bits per heavy atom. The summed E-state index contributed by atoms with van der Waals surface area (Å²) >= 11 is 0. The van der Waals surface area contributed by atoms with Crippen LogP contribution < -0.4 is 31.9 Å². The number of nitrogens with zero attached hydrogens (tertiary/aromatic N) is 1. The van der Waals surface area contributed by atoms with Crippen molar-refractivity contribution in [1.82, 2.24) is 21.3 Å². The third kappa shape index (κ3) is 12.0. The Morgan fingerprint density at radius 1 is 0.761 bits per heavy atom. The molecule has 0 spiro atoms. The number of hydrogen-bond donors (Lipinski definition) is 6. The number of aliphatic hydroxyl groups is 1. The molecule has 46 heavy (non-hydrogen) atoms. The number of nitrogens with one attached hydrogen (secondary N) is 4. The summed E-state index contributed by atoms with van der Waals surface area (Å²) in [6.45, 7) is 5.65. The SMILES string of the molecule is CN(C(=O)NC(CC(N)=O)C(=O)NC(Cc1ccccc1)C(O)CNC(Cc1ccccc1)C(=O)NC(C)(C)C)c1ccccc1. The van der Waals surface area contributed by atoms with Crippen LogP contribution in [0.1, 0.15) is 38.3 Å². The lowest BCUT2D eigenvalue weighted by Gasteiger charge is -2.30. The first kappa shape index (κ1) is 35.7. The Kier molecular flexibility index (Phi) is 13.3. The number of urea groups is 1. The van der Waals surface area contributed by atoms with Crippen LogP contribution in [0.4, 0.5) is 10.5 Å². The van der Waals surface area contributed by atoms with E-state index in [0.29, 0.717) is 12.1 Å². The average molecular weight is 631 g/mol. The highest BCUT2D eigenvalue weighted by Crippen LogP contribution is 2.13. The fourth-order valence-corrected chi connectivity index (χ4v) is 4.83. The van der Waals surface area contributed by atoms with Gasteiger partial charge < -0.3 is 32.1 Å². The van der Waals surface area contributed by atoms with Crippen molar-refractivity contribution in [1.29, 1.82) is 0 Å². The van der Waals surface area contributed by atoms with Crippen molar-refractivity contribution in [3.63, 3.8) is 0 Å². The molecule has 0 aliphatic carbocycles. The van der Waals surface area contributed by atoms with Gasteiger partial charge in [0.2, 0.25) is 17.7 Å². The molecule has 0 bridgehead atoms. The number of hydrogen-bond acceptors (Lipinski definition) is 6. The van der Waals surface area contributed by atoms with E-state index in [1.807, 2.05) is 87.5 Å². The maximum absolute atomic E-state index is 13.6. The third-order valence-corrected chi connectivity index (χ3v) is 7.23. The van der Waals surface area contributed by atoms with E-state index in [9.17, 15) is 24.3 Å². The van der Waals surface area contributed by atoms with Crippen molar-refractivity contribution in [2.75, 3.05) is 18.5 Å². The minimum atomic E-state index is -1.29. The van der Waals surface area contributed by atoms with Gasteiger partial charge >= 0.3 is 6.03 Å². The molecule has 0 heterocycles. The number of amides is 5. The predicted octanol–water partition coefficient (Wildman–Crippen LogP) is 2.28. The van der Waals surface area contributed by atoms with Crippen LogP contribution in [0.25, 0.3) is 0 Å². The number of aliphatic hydroxyl groups excluding tert-OH is 1. The number of rotatable bonds is 15. The van der Waals surface area contributed by atoms with Gasteiger partial charge in [0.25, 0.3) is 0 Å². The first-order chi connectivity index (χ1) is 21.8. The second kappa shape index (κ2) is 17.1. The van der Waals surface area contributed by atoms with Crippen molar-refractivity contribution in [2.45, 2.75) is 69.8 Å². The average Bonchev–Trinajstić information content (AvgIpc) is 3.02. The highest BCUT2D eigenvalue weighted by Gasteiger charge is 2.31. The number of carbonyl (C=O) groups excluding carboxylic acids is 4. The molecular weight excluding hydrogens is 584 g/mol. The fraction of sp³-hybridized carbons (Fsp3) is 0.371. The van der Waals surface area contributed by atoms with E-state index in [2.05, 4.69) is 21.3 Å². The van der Waals surface area contributed by atoms with Gasteiger partial charge in [-0.05, 0) is 56.9 Å². The van der Waals surface area contributed by atoms with E-state index in [1.54, 1.807) is 31.3 Å². The maximum Gasteiger partial charge on any atom is 0.322 e. The number of anilines is 1. The highest BCUT2D eigenvalue weighted by atomic mass is 16.3. The molecule has 3 aromatic rings. The maximum atomic E-state index is 13.6. The molecule has 0 saturated carbocycles. The van der Waals surface area contributed by atoms with E-state index < -0.39 is 54.0 Å². The molecule has 0 radical (unpaired) electrons. The van der Waals surface area contributed by atoms with Gasteiger partial charge in [-0.25, -0.2) is 4.79 Å². The minimum absolute atomic E-state index is 0.0313. The summed E-state index contributed by atoms with van der Waals surface area (Å²) in [7, 11) is 1.54. The van der Waals surface area contributed by atoms with Gasteiger partial charge in [-0.1, -0.05) is 78.9 Å². The van der Waals surface area contributed by atoms with E-state index in [-0.39, 0.29) is 18.9 Å². The van der Waals surface area contributed by atoms with Gasteiger partial charge in [-0.15, -0.1) is 0 Å². The van der Waals surface area contributed by atoms with Crippen LogP contribution in [0.2, 0.25) is 0 Å². The largest absolute Gasteiger partial charge is 0.390 e. The highest BCUT2D eigenvalue weighted by molar-refractivity contribution is 5.97. The Balaban J connectivity index is 1.78. The molecular formula is C35H46N6O5. The van der Waals surface area contributed by atoms with Gasteiger partial charge in [0.1, 0.15) is 6.04 Å². The fourth-order valence-electron chi connectivity index (χ4n) is 4.83. The Morgan fingerprint density at radius 3 is 1.80 bits per heavy atom. The molecule has 7 N–H and O–H groups in total. The van der Waals surface area contributed by atoms with Crippen molar-refractivity contribution in [3.05, 3.63) is 102 Å². The second-order valence-electron chi connectivity index (χ2n) is 12.3. The van der Waals surface area contributed by atoms with Gasteiger partial charge in [-0.3, -0.25) is 19.3 Å². The van der Waals surface area contributed by atoms with Crippen molar-refractivity contribution < 1.29 is 24.3 Å². The molecule has 0 saturated heterocycles. The summed E-state index contributed by atoms with van der Waals surface area (Å²) in [6.07, 6.45) is -0.971. The summed E-state index contributed by atoms with van der Waals surface area (Å²) in [5.41, 5.74) is 7.35. The monoisotopic (exact) mass is 630 g/mol. The van der Waals surface area contributed by atoms with Crippen LogP contribution in [0.5, 0.6) is 0 Å². The van der Waals surface area contributed by atoms with E-state index in [0.717, 1.165) is 11.1 Å². The molecule has 4 atom stereocenters.